The van der Waals surface area contributed by atoms with E-state index >= 15 is 0 Å². The molecule has 0 bridgehead atoms. The van der Waals surface area contributed by atoms with Crippen LogP contribution in [0.5, 0.6) is 0 Å². The fourth-order valence-corrected chi connectivity index (χ4v) is 3.50. The number of hydrogen-bond donors (Lipinski definition) is 3. The highest BCUT2D eigenvalue weighted by molar-refractivity contribution is 5.48. The number of hydrazine groups is 1. The molecule has 0 aromatic carbocycles. The zero-order valence-corrected chi connectivity index (χ0v) is 13.8. The molecule has 2 saturated heterocycles. The predicted molar refractivity (Wildman–Crippen MR) is 89.8 cm³/mol. The van der Waals surface area contributed by atoms with Crippen molar-refractivity contribution in [2.24, 2.45) is 11.8 Å². The van der Waals surface area contributed by atoms with Gasteiger partial charge in [0, 0.05) is 43.7 Å². The lowest BCUT2D eigenvalue weighted by Crippen LogP contribution is -2.35. The molecular formula is C16H28N6. The van der Waals surface area contributed by atoms with Gasteiger partial charge in [-0.3, -0.25) is 10.9 Å². The maximum absolute atomic E-state index is 4.46. The first-order chi connectivity index (χ1) is 10.6. The average Bonchev–Trinajstić information content (AvgIpc) is 2.84. The molecule has 22 heavy (non-hydrogen) atoms. The monoisotopic (exact) mass is 304 g/mol. The van der Waals surface area contributed by atoms with E-state index in [2.05, 4.69) is 57.9 Å². The molecule has 3 heterocycles. The van der Waals surface area contributed by atoms with Crippen LogP contribution in [0.4, 0.5) is 11.6 Å². The first kappa shape index (κ1) is 15.5. The van der Waals surface area contributed by atoms with Gasteiger partial charge in [0.05, 0.1) is 0 Å². The summed E-state index contributed by atoms with van der Waals surface area (Å²) in [6.45, 7) is 9.85. The molecule has 6 nitrogen and oxygen atoms in total. The smallest absolute Gasteiger partial charge is 0.134 e. The Hall–Kier alpha value is -1.40. The Balaban J connectivity index is 1.61. The molecule has 2 aliphatic rings. The molecule has 3 N–H and O–H groups in total. The van der Waals surface area contributed by atoms with E-state index in [0.29, 0.717) is 18.0 Å². The molecule has 122 valence electrons. The number of hydrogen-bond acceptors (Lipinski definition) is 6. The van der Waals surface area contributed by atoms with E-state index in [1.165, 1.54) is 12.8 Å². The van der Waals surface area contributed by atoms with Crippen molar-refractivity contribution in [1.82, 2.24) is 20.8 Å². The first-order valence-electron chi connectivity index (χ1n) is 8.45. The Morgan fingerprint density at radius 1 is 1.23 bits per heavy atom. The Bertz CT molecular complexity index is 483. The van der Waals surface area contributed by atoms with Crippen LogP contribution in [-0.2, 0) is 0 Å². The Labute approximate surface area is 133 Å². The third-order valence-electron chi connectivity index (χ3n) is 4.98. The van der Waals surface area contributed by atoms with E-state index in [4.69, 9.17) is 0 Å². The number of nitrogens with zero attached hydrogens (tertiary/aromatic N) is 3. The molecule has 3 rings (SSSR count). The van der Waals surface area contributed by atoms with Crippen molar-refractivity contribution in [1.29, 1.82) is 0 Å². The summed E-state index contributed by atoms with van der Waals surface area (Å²) in [5, 5.41) is 3.48. The highest BCUT2D eigenvalue weighted by Gasteiger charge is 2.29. The van der Waals surface area contributed by atoms with Crippen molar-refractivity contribution in [2.75, 3.05) is 29.9 Å². The normalized spacial score (nSPS) is 32.2. The number of anilines is 2. The summed E-state index contributed by atoms with van der Waals surface area (Å²) in [6, 6.07) is 3.02. The van der Waals surface area contributed by atoms with Crippen molar-refractivity contribution >= 4 is 11.6 Å². The number of piperidine rings is 1. The molecule has 0 spiro atoms. The highest BCUT2D eigenvalue weighted by atomic mass is 15.4. The molecule has 2 aliphatic heterocycles. The number of aromatic nitrogens is 2. The molecule has 2 fully saturated rings. The average molecular weight is 304 g/mol. The minimum Gasteiger partial charge on any atom is -0.370 e. The highest BCUT2D eigenvalue weighted by Crippen LogP contribution is 2.22. The quantitative estimate of drug-likeness (QED) is 0.786. The number of nitrogens with one attached hydrogen (secondary N) is 3. The van der Waals surface area contributed by atoms with Crippen LogP contribution in [0.1, 0.15) is 33.6 Å². The van der Waals surface area contributed by atoms with Gasteiger partial charge in [0.15, 0.2) is 0 Å². The zero-order valence-electron chi connectivity index (χ0n) is 13.8. The fraction of sp³-hybridized carbons (Fsp3) is 0.750. The second kappa shape index (κ2) is 6.79. The summed E-state index contributed by atoms with van der Waals surface area (Å²) in [5.41, 5.74) is 6.59. The van der Waals surface area contributed by atoms with Crippen LogP contribution in [0.3, 0.4) is 0 Å². The molecule has 6 heteroatoms. The van der Waals surface area contributed by atoms with E-state index in [1.807, 2.05) is 0 Å². The standard InChI is InChI=1S/C16H28N6/c1-11-5-4-6-22(9-11)16-7-15(18-10-19-16)17-8-14-12(2)20-21-13(14)3/h7,10-14,20-21H,4-6,8-9H2,1-3H3,(H,17,18,19). The van der Waals surface area contributed by atoms with Crippen LogP contribution in [0.2, 0.25) is 0 Å². The van der Waals surface area contributed by atoms with Gasteiger partial charge < -0.3 is 10.2 Å². The van der Waals surface area contributed by atoms with Crippen LogP contribution < -0.4 is 21.1 Å². The van der Waals surface area contributed by atoms with Gasteiger partial charge in [0.2, 0.25) is 0 Å². The summed E-state index contributed by atoms with van der Waals surface area (Å²) < 4.78 is 0. The topological polar surface area (TPSA) is 65.1 Å². The van der Waals surface area contributed by atoms with E-state index in [1.54, 1.807) is 6.33 Å². The van der Waals surface area contributed by atoms with E-state index < -0.39 is 0 Å². The summed E-state index contributed by atoms with van der Waals surface area (Å²) >= 11 is 0. The summed E-state index contributed by atoms with van der Waals surface area (Å²) in [6.07, 6.45) is 4.25. The minimum absolute atomic E-state index is 0.465. The summed E-state index contributed by atoms with van der Waals surface area (Å²) in [7, 11) is 0. The van der Waals surface area contributed by atoms with Crippen molar-refractivity contribution in [3.05, 3.63) is 12.4 Å². The molecule has 0 amide bonds. The van der Waals surface area contributed by atoms with E-state index in [-0.39, 0.29) is 0 Å². The molecular weight excluding hydrogens is 276 g/mol. The lowest BCUT2D eigenvalue weighted by atomic mass is 9.97. The van der Waals surface area contributed by atoms with Gasteiger partial charge in [-0.15, -0.1) is 0 Å². The third-order valence-corrected chi connectivity index (χ3v) is 4.98. The predicted octanol–water partition coefficient (Wildman–Crippen LogP) is 1.63. The molecule has 0 saturated carbocycles. The first-order valence-corrected chi connectivity index (χ1v) is 8.45. The maximum atomic E-state index is 4.46. The second-order valence-electron chi connectivity index (χ2n) is 6.87. The van der Waals surface area contributed by atoms with Gasteiger partial charge in [-0.2, -0.15) is 0 Å². The van der Waals surface area contributed by atoms with Crippen LogP contribution in [0, 0.1) is 11.8 Å². The Morgan fingerprint density at radius 2 is 2.00 bits per heavy atom. The molecule has 3 unspecified atom stereocenters. The second-order valence-corrected chi connectivity index (χ2v) is 6.87. The van der Waals surface area contributed by atoms with Crippen molar-refractivity contribution < 1.29 is 0 Å². The Kier molecular flexibility index (Phi) is 4.78. The summed E-state index contributed by atoms with van der Waals surface area (Å²) in [4.78, 5) is 11.2. The molecule has 0 radical (unpaired) electrons. The van der Waals surface area contributed by atoms with Crippen LogP contribution in [0.25, 0.3) is 0 Å². The largest absolute Gasteiger partial charge is 0.370 e. The number of rotatable bonds is 4. The Morgan fingerprint density at radius 3 is 2.73 bits per heavy atom. The van der Waals surface area contributed by atoms with Gasteiger partial charge in [0.25, 0.3) is 0 Å². The van der Waals surface area contributed by atoms with Gasteiger partial charge >= 0.3 is 0 Å². The third kappa shape index (κ3) is 3.50. The lowest BCUT2D eigenvalue weighted by Gasteiger charge is -2.31. The zero-order chi connectivity index (χ0) is 15.5. The van der Waals surface area contributed by atoms with Gasteiger partial charge in [-0.05, 0) is 32.6 Å². The van der Waals surface area contributed by atoms with Crippen molar-refractivity contribution in [3.8, 4) is 0 Å². The van der Waals surface area contributed by atoms with Crippen LogP contribution >= 0.6 is 0 Å². The van der Waals surface area contributed by atoms with Gasteiger partial charge in [-0.25, -0.2) is 9.97 Å². The summed E-state index contributed by atoms with van der Waals surface area (Å²) in [5.74, 6) is 3.27. The minimum atomic E-state index is 0.465. The molecule has 0 aliphatic carbocycles. The van der Waals surface area contributed by atoms with Crippen molar-refractivity contribution in [3.63, 3.8) is 0 Å². The van der Waals surface area contributed by atoms with Crippen molar-refractivity contribution in [2.45, 2.75) is 45.7 Å². The molecule has 1 aromatic rings. The molecule has 3 atom stereocenters. The van der Waals surface area contributed by atoms with Crippen LogP contribution in [0.15, 0.2) is 12.4 Å². The van der Waals surface area contributed by atoms with Crippen LogP contribution in [-0.4, -0.2) is 41.7 Å². The van der Waals surface area contributed by atoms with Gasteiger partial charge in [0.1, 0.15) is 18.0 Å². The lowest BCUT2D eigenvalue weighted by molar-refractivity contribution is 0.444. The fourth-order valence-electron chi connectivity index (χ4n) is 3.50. The van der Waals surface area contributed by atoms with E-state index in [0.717, 1.165) is 37.2 Å². The van der Waals surface area contributed by atoms with Gasteiger partial charge in [-0.1, -0.05) is 6.92 Å². The SMILES string of the molecule is CC1CCCN(c2cc(NCC3C(C)NNC3C)ncn2)C1. The maximum Gasteiger partial charge on any atom is 0.134 e. The van der Waals surface area contributed by atoms with E-state index in [9.17, 15) is 0 Å². The molecule has 1 aromatic heterocycles.